The van der Waals surface area contributed by atoms with Crippen LogP contribution in [0.2, 0.25) is 0 Å². The number of benzene rings is 2. The minimum absolute atomic E-state index is 0.359. The monoisotopic (exact) mass is 331 g/mol. The SMILES string of the molecule is c1ccc(CN2C[C@@H]3NCc4c(-c5ccccc5)nnn4[C@H]3C2)cc1. The van der Waals surface area contributed by atoms with Gasteiger partial charge in [0, 0.05) is 37.8 Å². The van der Waals surface area contributed by atoms with E-state index in [2.05, 4.69) is 79.8 Å². The fourth-order valence-corrected chi connectivity index (χ4v) is 4.08. The summed E-state index contributed by atoms with van der Waals surface area (Å²) in [5, 5.41) is 12.7. The van der Waals surface area contributed by atoms with Crippen molar-refractivity contribution in [2.24, 2.45) is 0 Å². The summed E-state index contributed by atoms with van der Waals surface area (Å²) in [4.78, 5) is 2.51. The van der Waals surface area contributed by atoms with Crippen LogP contribution in [0.5, 0.6) is 0 Å². The number of likely N-dealkylation sites (tertiary alicyclic amines) is 1. The van der Waals surface area contributed by atoms with Crippen molar-refractivity contribution in [3.05, 3.63) is 71.9 Å². The van der Waals surface area contributed by atoms with Crippen LogP contribution in [0.1, 0.15) is 17.3 Å². The van der Waals surface area contributed by atoms with E-state index in [1.54, 1.807) is 0 Å². The summed E-state index contributed by atoms with van der Waals surface area (Å²) in [6.45, 7) is 3.89. The van der Waals surface area contributed by atoms with Gasteiger partial charge < -0.3 is 5.32 Å². The van der Waals surface area contributed by atoms with Crippen molar-refractivity contribution < 1.29 is 0 Å². The first-order chi connectivity index (χ1) is 12.4. The minimum atomic E-state index is 0.359. The lowest BCUT2D eigenvalue weighted by atomic mass is 10.1. The average Bonchev–Trinajstić information content (AvgIpc) is 3.26. The Morgan fingerprint density at radius 1 is 0.960 bits per heavy atom. The standard InChI is InChI=1S/C20H21N5/c1-3-7-15(8-4-1)12-24-13-17-19(14-24)25-18(11-21-17)20(22-23-25)16-9-5-2-6-10-16/h1-10,17,19,21H,11-14H2/t17-,19-/m0/s1. The summed E-state index contributed by atoms with van der Waals surface area (Å²) in [5.74, 6) is 0. The molecule has 0 aliphatic carbocycles. The van der Waals surface area contributed by atoms with Crippen molar-refractivity contribution in [2.45, 2.75) is 25.2 Å². The van der Waals surface area contributed by atoms with Crippen LogP contribution in [-0.4, -0.2) is 39.0 Å². The van der Waals surface area contributed by atoms with Crippen LogP contribution in [-0.2, 0) is 13.1 Å². The highest BCUT2D eigenvalue weighted by molar-refractivity contribution is 5.61. The largest absolute Gasteiger partial charge is 0.305 e. The maximum absolute atomic E-state index is 4.52. The first-order valence-corrected chi connectivity index (χ1v) is 8.87. The highest BCUT2D eigenvalue weighted by atomic mass is 15.5. The zero-order valence-corrected chi connectivity index (χ0v) is 14.0. The highest BCUT2D eigenvalue weighted by Gasteiger charge is 2.39. The molecule has 1 fully saturated rings. The molecular formula is C20H21N5. The predicted molar refractivity (Wildman–Crippen MR) is 96.8 cm³/mol. The second-order valence-corrected chi connectivity index (χ2v) is 6.93. The van der Waals surface area contributed by atoms with Gasteiger partial charge in [-0.2, -0.15) is 0 Å². The molecular weight excluding hydrogens is 310 g/mol. The van der Waals surface area contributed by atoms with Crippen LogP contribution in [0.4, 0.5) is 0 Å². The van der Waals surface area contributed by atoms with E-state index < -0.39 is 0 Å². The van der Waals surface area contributed by atoms with Gasteiger partial charge in [-0.25, -0.2) is 4.68 Å². The van der Waals surface area contributed by atoms with E-state index in [1.807, 2.05) is 6.07 Å². The van der Waals surface area contributed by atoms with Gasteiger partial charge in [-0.05, 0) is 5.56 Å². The normalized spacial score (nSPS) is 22.6. The summed E-state index contributed by atoms with van der Waals surface area (Å²) < 4.78 is 2.16. The number of hydrogen-bond acceptors (Lipinski definition) is 4. The second kappa shape index (κ2) is 6.10. The third-order valence-electron chi connectivity index (χ3n) is 5.30. The van der Waals surface area contributed by atoms with Gasteiger partial charge in [0.25, 0.3) is 0 Å². The molecule has 2 atom stereocenters. The number of fused-ring (bicyclic) bond motifs is 3. The van der Waals surface area contributed by atoms with Gasteiger partial charge in [0.2, 0.25) is 0 Å². The Bertz CT molecular complexity index is 858. The number of hydrogen-bond donors (Lipinski definition) is 1. The Kier molecular flexibility index (Phi) is 3.61. The molecule has 5 nitrogen and oxygen atoms in total. The van der Waals surface area contributed by atoms with Crippen molar-refractivity contribution in [3.63, 3.8) is 0 Å². The number of nitrogens with one attached hydrogen (secondary N) is 1. The summed E-state index contributed by atoms with van der Waals surface area (Å²) in [5.41, 5.74) is 4.72. The Morgan fingerprint density at radius 3 is 2.52 bits per heavy atom. The molecule has 0 spiro atoms. The first kappa shape index (κ1) is 14.8. The lowest BCUT2D eigenvalue weighted by Gasteiger charge is -2.27. The van der Waals surface area contributed by atoms with Crippen LogP contribution >= 0.6 is 0 Å². The van der Waals surface area contributed by atoms with E-state index in [4.69, 9.17) is 0 Å². The lowest BCUT2D eigenvalue weighted by molar-refractivity contribution is 0.307. The lowest BCUT2D eigenvalue weighted by Crippen LogP contribution is -2.42. The van der Waals surface area contributed by atoms with Crippen LogP contribution < -0.4 is 5.32 Å². The maximum Gasteiger partial charge on any atom is 0.117 e. The van der Waals surface area contributed by atoms with E-state index in [9.17, 15) is 0 Å². The molecule has 3 heterocycles. The van der Waals surface area contributed by atoms with Crippen LogP contribution in [0.15, 0.2) is 60.7 Å². The molecule has 5 heteroatoms. The van der Waals surface area contributed by atoms with E-state index in [1.165, 1.54) is 11.3 Å². The molecule has 0 unspecified atom stereocenters. The Labute approximate surface area is 147 Å². The Balaban J connectivity index is 1.40. The molecule has 126 valence electrons. The van der Waals surface area contributed by atoms with Crippen molar-refractivity contribution in [1.82, 2.24) is 25.2 Å². The molecule has 0 radical (unpaired) electrons. The van der Waals surface area contributed by atoms with Crippen molar-refractivity contribution >= 4 is 0 Å². The molecule has 2 aliphatic rings. The number of nitrogens with zero attached hydrogens (tertiary/aromatic N) is 4. The van der Waals surface area contributed by atoms with Crippen LogP contribution in [0.3, 0.4) is 0 Å². The quantitative estimate of drug-likeness (QED) is 0.801. The average molecular weight is 331 g/mol. The summed E-state index contributed by atoms with van der Waals surface area (Å²) >= 11 is 0. The van der Waals surface area contributed by atoms with Gasteiger partial charge in [0.05, 0.1) is 11.7 Å². The summed E-state index contributed by atoms with van der Waals surface area (Å²) in [7, 11) is 0. The zero-order chi connectivity index (χ0) is 16.6. The molecule has 2 aliphatic heterocycles. The molecule has 25 heavy (non-hydrogen) atoms. The topological polar surface area (TPSA) is 46.0 Å². The van der Waals surface area contributed by atoms with Gasteiger partial charge in [-0.3, -0.25) is 4.90 Å². The first-order valence-electron chi connectivity index (χ1n) is 8.87. The van der Waals surface area contributed by atoms with Crippen molar-refractivity contribution in [3.8, 4) is 11.3 Å². The second-order valence-electron chi connectivity index (χ2n) is 6.93. The van der Waals surface area contributed by atoms with Gasteiger partial charge in [0.1, 0.15) is 5.69 Å². The summed E-state index contributed by atoms with van der Waals surface area (Å²) in [6, 6.07) is 21.8. The van der Waals surface area contributed by atoms with E-state index in [-0.39, 0.29) is 0 Å². The third-order valence-corrected chi connectivity index (χ3v) is 5.30. The van der Waals surface area contributed by atoms with Gasteiger partial charge >= 0.3 is 0 Å². The molecule has 2 aromatic carbocycles. The molecule has 0 amide bonds. The van der Waals surface area contributed by atoms with Crippen molar-refractivity contribution in [1.29, 1.82) is 0 Å². The predicted octanol–water partition coefficient (Wildman–Crippen LogP) is 2.47. The zero-order valence-electron chi connectivity index (χ0n) is 14.0. The summed E-state index contributed by atoms with van der Waals surface area (Å²) in [6.07, 6.45) is 0. The molecule has 1 aromatic heterocycles. The Morgan fingerprint density at radius 2 is 1.72 bits per heavy atom. The van der Waals surface area contributed by atoms with E-state index in [0.717, 1.165) is 37.4 Å². The van der Waals surface area contributed by atoms with E-state index >= 15 is 0 Å². The molecule has 0 saturated carbocycles. The highest BCUT2D eigenvalue weighted by Crippen LogP contribution is 2.31. The molecule has 5 rings (SSSR count). The number of aromatic nitrogens is 3. The third kappa shape index (κ3) is 2.65. The molecule has 1 N–H and O–H groups in total. The maximum atomic E-state index is 4.52. The van der Waals surface area contributed by atoms with Gasteiger partial charge in [-0.1, -0.05) is 65.9 Å². The smallest absolute Gasteiger partial charge is 0.117 e. The van der Waals surface area contributed by atoms with Crippen LogP contribution in [0, 0.1) is 0 Å². The Hall–Kier alpha value is -2.50. The van der Waals surface area contributed by atoms with Crippen LogP contribution in [0.25, 0.3) is 11.3 Å². The van der Waals surface area contributed by atoms with Gasteiger partial charge in [0.15, 0.2) is 0 Å². The minimum Gasteiger partial charge on any atom is -0.305 e. The molecule has 1 saturated heterocycles. The fraction of sp³-hybridized carbons (Fsp3) is 0.300. The van der Waals surface area contributed by atoms with Gasteiger partial charge in [-0.15, -0.1) is 5.10 Å². The van der Waals surface area contributed by atoms with E-state index in [0.29, 0.717) is 12.1 Å². The fourth-order valence-electron chi connectivity index (χ4n) is 4.08. The number of rotatable bonds is 3. The molecule has 3 aromatic rings. The van der Waals surface area contributed by atoms with Crippen molar-refractivity contribution in [2.75, 3.05) is 13.1 Å². The molecule has 0 bridgehead atoms.